The molecule has 0 aliphatic rings. The van der Waals surface area contributed by atoms with Gasteiger partial charge in [-0.3, -0.25) is 0 Å². The largest absolute Gasteiger partial charge is 0.178 e. The normalized spacial score (nSPS) is 12.0. The first-order valence-electron chi connectivity index (χ1n) is 5.65. The van der Waals surface area contributed by atoms with Crippen LogP contribution in [0, 0.1) is 6.92 Å². The van der Waals surface area contributed by atoms with Gasteiger partial charge in [0, 0.05) is 0 Å². The summed E-state index contributed by atoms with van der Waals surface area (Å²) in [6, 6.07) is 13.3. The van der Waals surface area contributed by atoms with Crippen molar-refractivity contribution in [1.29, 1.82) is 0 Å². The zero-order valence-corrected chi connectivity index (χ0v) is 11.0. The smallest absolute Gasteiger partial charge is 0.000583 e. The fourth-order valence-electron chi connectivity index (χ4n) is 1.88. The third-order valence-electron chi connectivity index (χ3n) is 3.17. The van der Waals surface area contributed by atoms with Gasteiger partial charge in [0.25, 0.3) is 0 Å². The summed E-state index contributed by atoms with van der Waals surface area (Å²) in [6.45, 7) is 6.59. The van der Waals surface area contributed by atoms with Gasteiger partial charge in [0.05, 0.1) is 0 Å². The standard InChI is InChI=1S/C15H18S/c1-11-4-5-13-9-14(15(2,3)10-16)7-6-12(13)8-11/h4-9,16H,10H2,1-3H3. The second-order valence-corrected chi connectivity index (χ2v) is 5.42. The number of benzene rings is 2. The average molecular weight is 230 g/mol. The summed E-state index contributed by atoms with van der Waals surface area (Å²) in [5.74, 6) is 0.865. The van der Waals surface area contributed by atoms with E-state index >= 15 is 0 Å². The number of aryl methyl sites for hydroxylation is 1. The molecular formula is C15H18S. The van der Waals surface area contributed by atoms with Crippen LogP contribution in [-0.2, 0) is 5.41 Å². The van der Waals surface area contributed by atoms with Crippen molar-refractivity contribution >= 4 is 23.4 Å². The molecule has 84 valence electrons. The fourth-order valence-corrected chi connectivity index (χ4v) is 2.06. The highest BCUT2D eigenvalue weighted by Crippen LogP contribution is 2.27. The van der Waals surface area contributed by atoms with Crippen LogP contribution in [-0.4, -0.2) is 5.75 Å². The van der Waals surface area contributed by atoms with Gasteiger partial charge in [-0.2, -0.15) is 12.6 Å². The maximum absolute atomic E-state index is 4.42. The van der Waals surface area contributed by atoms with Gasteiger partial charge in [-0.1, -0.05) is 55.8 Å². The van der Waals surface area contributed by atoms with E-state index in [0.29, 0.717) is 0 Å². The summed E-state index contributed by atoms with van der Waals surface area (Å²) in [6.07, 6.45) is 0. The Labute approximate surface area is 103 Å². The van der Waals surface area contributed by atoms with Gasteiger partial charge in [-0.05, 0) is 34.4 Å². The van der Waals surface area contributed by atoms with E-state index < -0.39 is 0 Å². The molecule has 0 saturated heterocycles. The number of fused-ring (bicyclic) bond motifs is 1. The highest BCUT2D eigenvalue weighted by Gasteiger charge is 2.18. The molecule has 2 aromatic carbocycles. The first kappa shape index (κ1) is 11.5. The highest BCUT2D eigenvalue weighted by atomic mass is 32.1. The summed E-state index contributed by atoms with van der Waals surface area (Å²) in [5, 5.41) is 2.64. The van der Waals surface area contributed by atoms with Gasteiger partial charge < -0.3 is 0 Å². The molecule has 0 atom stereocenters. The van der Waals surface area contributed by atoms with Crippen LogP contribution in [0.3, 0.4) is 0 Å². The van der Waals surface area contributed by atoms with E-state index in [2.05, 4.69) is 69.8 Å². The maximum atomic E-state index is 4.42. The Hall–Kier alpha value is -0.950. The van der Waals surface area contributed by atoms with Crippen LogP contribution in [0.5, 0.6) is 0 Å². The molecule has 1 heteroatoms. The molecule has 0 unspecified atom stereocenters. The first-order chi connectivity index (χ1) is 7.53. The van der Waals surface area contributed by atoms with E-state index in [1.165, 1.54) is 21.9 Å². The van der Waals surface area contributed by atoms with Crippen molar-refractivity contribution in [2.24, 2.45) is 0 Å². The van der Waals surface area contributed by atoms with Crippen molar-refractivity contribution in [3.8, 4) is 0 Å². The minimum atomic E-state index is 0.141. The van der Waals surface area contributed by atoms with Crippen LogP contribution in [0.1, 0.15) is 25.0 Å². The minimum absolute atomic E-state index is 0.141. The lowest BCUT2D eigenvalue weighted by Gasteiger charge is -2.23. The van der Waals surface area contributed by atoms with Gasteiger partial charge in [0.1, 0.15) is 0 Å². The zero-order valence-electron chi connectivity index (χ0n) is 10.1. The Morgan fingerprint density at radius 3 is 2.31 bits per heavy atom. The van der Waals surface area contributed by atoms with E-state index in [4.69, 9.17) is 0 Å². The minimum Gasteiger partial charge on any atom is -0.178 e. The SMILES string of the molecule is Cc1ccc2cc(C(C)(C)CS)ccc2c1. The second-order valence-electron chi connectivity index (χ2n) is 5.11. The summed E-state index contributed by atoms with van der Waals surface area (Å²) in [5.41, 5.74) is 2.81. The fraction of sp³-hybridized carbons (Fsp3) is 0.333. The van der Waals surface area contributed by atoms with Crippen LogP contribution in [0.2, 0.25) is 0 Å². The lowest BCUT2D eigenvalue weighted by Crippen LogP contribution is -2.18. The van der Waals surface area contributed by atoms with Gasteiger partial charge in [0.15, 0.2) is 0 Å². The van der Waals surface area contributed by atoms with Crippen LogP contribution in [0.4, 0.5) is 0 Å². The Morgan fingerprint density at radius 2 is 1.62 bits per heavy atom. The monoisotopic (exact) mass is 230 g/mol. The number of hydrogen-bond acceptors (Lipinski definition) is 1. The zero-order chi connectivity index (χ0) is 11.8. The molecule has 0 nitrogen and oxygen atoms in total. The molecule has 0 aromatic heterocycles. The molecule has 0 heterocycles. The summed E-state index contributed by atoms with van der Waals surface area (Å²) >= 11 is 4.42. The lowest BCUT2D eigenvalue weighted by atomic mass is 9.85. The number of hydrogen-bond donors (Lipinski definition) is 1. The molecule has 16 heavy (non-hydrogen) atoms. The summed E-state index contributed by atoms with van der Waals surface area (Å²) in [4.78, 5) is 0. The van der Waals surface area contributed by atoms with E-state index in [0.717, 1.165) is 5.75 Å². The molecule has 2 aromatic rings. The Bertz CT molecular complexity index is 512. The van der Waals surface area contributed by atoms with E-state index in [1.54, 1.807) is 0 Å². The molecule has 0 saturated carbocycles. The van der Waals surface area contributed by atoms with E-state index in [-0.39, 0.29) is 5.41 Å². The molecule has 0 aliphatic heterocycles. The predicted molar refractivity (Wildman–Crippen MR) is 75.6 cm³/mol. The molecular weight excluding hydrogens is 212 g/mol. The molecule has 0 spiro atoms. The Morgan fingerprint density at radius 1 is 1.00 bits per heavy atom. The summed E-state index contributed by atoms with van der Waals surface area (Å²) < 4.78 is 0. The van der Waals surface area contributed by atoms with Gasteiger partial charge >= 0.3 is 0 Å². The predicted octanol–water partition coefficient (Wildman–Crippen LogP) is 4.36. The second kappa shape index (κ2) is 4.14. The third-order valence-corrected chi connectivity index (χ3v) is 3.96. The van der Waals surface area contributed by atoms with E-state index in [1.807, 2.05) is 0 Å². The summed E-state index contributed by atoms with van der Waals surface area (Å²) in [7, 11) is 0. The quantitative estimate of drug-likeness (QED) is 0.728. The lowest BCUT2D eigenvalue weighted by molar-refractivity contribution is 0.605. The highest BCUT2D eigenvalue weighted by molar-refractivity contribution is 7.80. The van der Waals surface area contributed by atoms with Crippen LogP contribution in [0.25, 0.3) is 10.8 Å². The van der Waals surface area contributed by atoms with Crippen LogP contribution in [0.15, 0.2) is 36.4 Å². The van der Waals surface area contributed by atoms with Crippen LogP contribution < -0.4 is 0 Å². The maximum Gasteiger partial charge on any atom is -0.000583 e. The van der Waals surface area contributed by atoms with Gasteiger partial charge in [0.2, 0.25) is 0 Å². The molecule has 0 radical (unpaired) electrons. The number of rotatable bonds is 2. The van der Waals surface area contributed by atoms with Gasteiger partial charge in [-0.15, -0.1) is 0 Å². The van der Waals surface area contributed by atoms with Crippen molar-refractivity contribution in [3.63, 3.8) is 0 Å². The van der Waals surface area contributed by atoms with Crippen molar-refractivity contribution in [1.82, 2.24) is 0 Å². The first-order valence-corrected chi connectivity index (χ1v) is 6.28. The topological polar surface area (TPSA) is 0 Å². The molecule has 2 rings (SSSR count). The molecule has 0 amide bonds. The number of thiol groups is 1. The molecule has 0 N–H and O–H groups in total. The van der Waals surface area contributed by atoms with Crippen molar-refractivity contribution < 1.29 is 0 Å². The van der Waals surface area contributed by atoms with E-state index in [9.17, 15) is 0 Å². The Balaban J connectivity index is 2.57. The van der Waals surface area contributed by atoms with Crippen molar-refractivity contribution in [2.75, 3.05) is 5.75 Å². The molecule has 0 aliphatic carbocycles. The van der Waals surface area contributed by atoms with Crippen LogP contribution >= 0.6 is 12.6 Å². The molecule has 0 fully saturated rings. The van der Waals surface area contributed by atoms with Crippen molar-refractivity contribution in [3.05, 3.63) is 47.5 Å². The van der Waals surface area contributed by atoms with Gasteiger partial charge in [-0.25, -0.2) is 0 Å². The third kappa shape index (κ3) is 2.10. The average Bonchev–Trinajstić information content (AvgIpc) is 2.28. The molecule has 0 bridgehead atoms. The van der Waals surface area contributed by atoms with Crippen molar-refractivity contribution in [2.45, 2.75) is 26.2 Å². The Kier molecular flexibility index (Phi) is 2.98.